The molecule has 1 aromatic heterocycles. The number of hydrogen-bond acceptors (Lipinski definition) is 3. The summed E-state index contributed by atoms with van der Waals surface area (Å²) in [7, 11) is 0. The van der Waals surface area contributed by atoms with Crippen LogP contribution in [0.15, 0.2) is 36.4 Å². The zero-order chi connectivity index (χ0) is 17.8. The smallest absolute Gasteiger partial charge is 0.242 e. The van der Waals surface area contributed by atoms with Gasteiger partial charge in [-0.2, -0.15) is 5.10 Å². The number of amides is 2. The average molecular weight is 340 g/mol. The van der Waals surface area contributed by atoms with E-state index >= 15 is 0 Å². The summed E-state index contributed by atoms with van der Waals surface area (Å²) in [6, 6.07) is 11.5. The number of hydrogen-bond donors (Lipinski definition) is 1. The molecule has 1 aliphatic rings. The molecule has 0 radical (unpaired) electrons. The summed E-state index contributed by atoms with van der Waals surface area (Å²) in [5.41, 5.74) is 2.11. The quantitative estimate of drug-likeness (QED) is 0.819. The normalized spacial score (nSPS) is 15.0. The van der Waals surface area contributed by atoms with Gasteiger partial charge in [0, 0.05) is 19.0 Å². The summed E-state index contributed by atoms with van der Waals surface area (Å²) < 4.78 is 1.80. The number of aryl methyl sites for hydroxylation is 3. The fourth-order valence-electron chi connectivity index (χ4n) is 3.17. The molecule has 1 N–H and O–H groups in total. The standard InChI is InChI=1S/C19H24N4O2/c1-14-13-17-22(21-14)12-10-18(24)23(17)15(2)19(25)20-11-6-9-16-7-4-3-5-8-16/h3-5,7-8,13,15H,6,9-12H2,1-2H3,(H,20,25)/t15-/m0/s1. The number of anilines is 1. The highest BCUT2D eigenvalue weighted by Crippen LogP contribution is 2.24. The van der Waals surface area contributed by atoms with E-state index in [0.717, 1.165) is 18.5 Å². The summed E-state index contributed by atoms with van der Waals surface area (Å²) in [5.74, 6) is 0.550. The van der Waals surface area contributed by atoms with E-state index in [1.807, 2.05) is 31.2 Å². The molecule has 2 amide bonds. The van der Waals surface area contributed by atoms with Crippen LogP contribution in [0.4, 0.5) is 5.82 Å². The Bertz CT molecular complexity index is 754. The first-order valence-corrected chi connectivity index (χ1v) is 8.74. The van der Waals surface area contributed by atoms with E-state index in [0.29, 0.717) is 25.3 Å². The Balaban J connectivity index is 1.56. The number of nitrogens with one attached hydrogen (secondary N) is 1. The van der Waals surface area contributed by atoms with E-state index < -0.39 is 6.04 Å². The fourth-order valence-corrected chi connectivity index (χ4v) is 3.17. The van der Waals surface area contributed by atoms with Crippen LogP contribution in [-0.2, 0) is 22.6 Å². The van der Waals surface area contributed by atoms with E-state index in [-0.39, 0.29) is 11.8 Å². The first-order chi connectivity index (χ1) is 12.1. The Labute approximate surface area is 147 Å². The summed E-state index contributed by atoms with van der Waals surface area (Å²) in [5, 5.41) is 7.32. The first-order valence-electron chi connectivity index (χ1n) is 8.74. The maximum absolute atomic E-state index is 12.5. The van der Waals surface area contributed by atoms with Gasteiger partial charge in [0.05, 0.1) is 12.2 Å². The van der Waals surface area contributed by atoms with E-state index in [1.165, 1.54) is 5.56 Å². The molecule has 0 fully saturated rings. The van der Waals surface area contributed by atoms with Crippen molar-refractivity contribution in [3.05, 3.63) is 47.7 Å². The molecule has 132 valence electrons. The van der Waals surface area contributed by atoms with Gasteiger partial charge in [-0.05, 0) is 32.3 Å². The molecule has 1 aliphatic heterocycles. The van der Waals surface area contributed by atoms with Crippen molar-refractivity contribution in [2.24, 2.45) is 0 Å². The van der Waals surface area contributed by atoms with Crippen LogP contribution in [-0.4, -0.2) is 34.2 Å². The van der Waals surface area contributed by atoms with Crippen molar-refractivity contribution in [3.63, 3.8) is 0 Å². The number of carbonyl (C=O) groups excluding carboxylic acids is 2. The zero-order valence-corrected chi connectivity index (χ0v) is 14.7. The van der Waals surface area contributed by atoms with E-state index in [2.05, 4.69) is 22.5 Å². The Kier molecular flexibility index (Phi) is 5.16. The Morgan fingerprint density at radius 2 is 2.08 bits per heavy atom. The third-order valence-corrected chi connectivity index (χ3v) is 4.48. The van der Waals surface area contributed by atoms with E-state index in [1.54, 1.807) is 16.5 Å². The molecule has 1 atom stereocenters. The highest BCUT2D eigenvalue weighted by atomic mass is 16.2. The van der Waals surface area contributed by atoms with Gasteiger partial charge >= 0.3 is 0 Å². The third-order valence-electron chi connectivity index (χ3n) is 4.48. The number of benzene rings is 1. The third kappa shape index (κ3) is 3.90. The maximum Gasteiger partial charge on any atom is 0.242 e. The molecular weight excluding hydrogens is 316 g/mol. The van der Waals surface area contributed by atoms with Gasteiger partial charge in [-0.3, -0.25) is 14.5 Å². The van der Waals surface area contributed by atoms with Crippen LogP contribution in [0.3, 0.4) is 0 Å². The van der Waals surface area contributed by atoms with Gasteiger partial charge < -0.3 is 5.32 Å². The van der Waals surface area contributed by atoms with E-state index in [9.17, 15) is 9.59 Å². The summed E-state index contributed by atoms with van der Waals surface area (Å²) >= 11 is 0. The fraction of sp³-hybridized carbons (Fsp3) is 0.421. The van der Waals surface area contributed by atoms with Gasteiger partial charge in [0.15, 0.2) is 0 Å². The second-order valence-corrected chi connectivity index (χ2v) is 6.44. The lowest BCUT2D eigenvalue weighted by atomic mass is 10.1. The molecular formula is C19H24N4O2. The van der Waals surface area contributed by atoms with Crippen molar-refractivity contribution in [2.45, 2.75) is 45.7 Å². The van der Waals surface area contributed by atoms with Crippen LogP contribution in [0.5, 0.6) is 0 Å². The van der Waals surface area contributed by atoms with Crippen molar-refractivity contribution in [1.29, 1.82) is 0 Å². The highest BCUT2D eigenvalue weighted by molar-refractivity contribution is 6.00. The zero-order valence-electron chi connectivity index (χ0n) is 14.7. The van der Waals surface area contributed by atoms with Crippen LogP contribution in [0, 0.1) is 6.92 Å². The number of rotatable bonds is 6. The predicted octanol–water partition coefficient (Wildman–Crippen LogP) is 2.07. The molecule has 2 aromatic rings. The lowest BCUT2D eigenvalue weighted by molar-refractivity contribution is -0.126. The number of carbonyl (C=O) groups is 2. The Morgan fingerprint density at radius 3 is 2.84 bits per heavy atom. The second-order valence-electron chi connectivity index (χ2n) is 6.44. The Morgan fingerprint density at radius 1 is 1.32 bits per heavy atom. The average Bonchev–Trinajstić information content (AvgIpc) is 2.99. The van der Waals surface area contributed by atoms with Gasteiger partial charge in [-0.1, -0.05) is 30.3 Å². The highest BCUT2D eigenvalue weighted by Gasteiger charge is 2.32. The lowest BCUT2D eigenvalue weighted by Crippen LogP contribution is -2.51. The van der Waals surface area contributed by atoms with Gasteiger partial charge in [0.2, 0.25) is 11.8 Å². The van der Waals surface area contributed by atoms with Crippen LogP contribution >= 0.6 is 0 Å². The van der Waals surface area contributed by atoms with Crippen LogP contribution < -0.4 is 10.2 Å². The Hall–Kier alpha value is -2.63. The van der Waals surface area contributed by atoms with Crippen molar-refractivity contribution >= 4 is 17.6 Å². The van der Waals surface area contributed by atoms with Crippen LogP contribution in [0.25, 0.3) is 0 Å². The molecule has 0 spiro atoms. The predicted molar refractivity (Wildman–Crippen MR) is 96.3 cm³/mol. The molecule has 0 unspecified atom stereocenters. The van der Waals surface area contributed by atoms with Crippen molar-refractivity contribution < 1.29 is 9.59 Å². The minimum absolute atomic E-state index is 0.0284. The molecule has 0 aliphatic carbocycles. The molecule has 25 heavy (non-hydrogen) atoms. The summed E-state index contributed by atoms with van der Waals surface area (Å²) in [6.45, 7) is 4.83. The molecule has 6 heteroatoms. The summed E-state index contributed by atoms with van der Waals surface area (Å²) in [6.07, 6.45) is 2.16. The molecule has 3 rings (SSSR count). The van der Waals surface area contributed by atoms with Gasteiger partial charge in [-0.25, -0.2) is 4.68 Å². The molecule has 1 aromatic carbocycles. The van der Waals surface area contributed by atoms with Gasteiger partial charge in [-0.15, -0.1) is 0 Å². The van der Waals surface area contributed by atoms with Crippen molar-refractivity contribution in [1.82, 2.24) is 15.1 Å². The largest absolute Gasteiger partial charge is 0.354 e. The SMILES string of the molecule is Cc1cc2n(n1)CCC(=O)N2[C@@H](C)C(=O)NCCCc1ccccc1. The van der Waals surface area contributed by atoms with Crippen LogP contribution in [0.2, 0.25) is 0 Å². The van der Waals surface area contributed by atoms with E-state index in [4.69, 9.17) is 0 Å². The van der Waals surface area contributed by atoms with Crippen molar-refractivity contribution in [3.8, 4) is 0 Å². The summed E-state index contributed by atoms with van der Waals surface area (Å²) in [4.78, 5) is 26.4. The lowest BCUT2D eigenvalue weighted by Gasteiger charge is -2.31. The number of aromatic nitrogens is 2. The van der Waals surface area contributed by atoms with Crippen LogP contribution in [0.1, 0.15) is 31.0 Å². The second kappa shape index (κ2) is 7.51. The maximum atomic E-state index is 12.5. The number of nitrogens with zero attached hydrogens (tertiary/aromatic N) is 3. The first kappa shape index (κ1) is 17.2. The van der Waals surface area contributed by atoms with Crippen molar-refractivity contribution in [2.75, 3.05) is 11.4 Å². The minimum atomic E-state index is -0.542. The monoisotopic (exact) mass is 340 g/mol. The molecule has 2 heterocycles. The topological polar surface area (TPSA) is 67.2 Å². The molecule has 6 nitrogen and oxygen atoms in total. The van der Waals surface area contributed by atoms with Gasteiger partial charge in [0.1, 0.15) is 11.9 Å². The van der Waals surface area contributed by atoms with Gasteiger partial charge in [0.25, 0.3) is 0 Å². The number of fused-ring (bicyclic) bond motifs is 1. The molecule has 0 saturated carbocycles. The minimum Gasteiger partial charge on any atom is -0.354 e. The molecule has 0 bridgehead atoms. The molecule has 0 saturated heterocycles.